The van der Waals surface area contributed by atoms with Gasteiger partial charge < -0.3 is 10.4 Å². The summed E-state index contributed by atoms with van der Waals surface area (Å²) in [6.07, 6.45) is 6.62. The molecule has 2 aliphatic rings. The third-order valence-corrected chi connectivity index (χ3v) is 6.66. The second-order valence-electron chi connectivity index (χ2n) is 9.03. The molecule has 0 saturated heterocycles. The first-order valence-corrected chi connectivity index (χ1v) is 11.6. The van der Waals surface area contributed by atoms with E-state index in [9.17, 15) is 9.90 Å². The Bertz CT molecular complexity index is 993. The summed E-state index contributed by atoms with van der Waals surface area (Å²) >= 11 is 0. The fourth-order valence-electron chi connectivity index (χ4n) is 4.77. The van der Waals surface area contributed by atoms with Crippen LogP contribution in [0.15, 0.2) is 54.1 Å². The maximum atomic E-state index is 13.0. The van der Waals surface area contributed by atoms with Gasteiger partial charge in [0.2, 0.25) is 0 Å². The van der Waals surface area contributed by atoms with Crippen LogP contribution in [0, 0.1) is 5.92 Å². The Morgan fingerprint density at radius 1 is 1.28 bits per heavy atom. The monoisotopic (exact) mass is 434 g/mol. The van der Waals surface area contributed by atoms with E-state index in [2.05, 4.69) is 34.9 Å². The summed E-state index contributed by atoms with van der Waals surface area (Å²) in [4.78, 5) is 15.4. The molecular weight excluding hydrogens is 400 g/mol. The van der Waals surface area contributed by atoms with Crippen LogP contribution in [0.4, 0.5) is 0 Å². The third-order valence-electron chi connectivity index (χ3n) is 6.66. The van der Waals surface area contributed by atoms with Crippen molar-refractivity contribution in [1.29, 1.82) is 0 Å². The second-order valence-corrected chi connectivity index (χ2v) is 9.03. The lowest BCUT2D eigenvalue weighted by Crippen LogP contribution is -2.34. The molecule has 2 heterocycles. The van der Waals surface area contributed by atoms with Gasteiger partial charge in [0.05, 0.1) is 13.2 Å². The van der Waals surface area contributed by atoms with Crippen molar-refractivity contribution in [3.8, 4) is 0 Å². The van der Waals surface area contributed by atoms with Crippen molar-refractivity contribution in [2.45, 2.75) is 52.2 Å². The summed E-state index contributed by atoms with van der Waals surface area (Å²) in [5, 5.41) is 17.1. The van der Waals surface area contributed by atoms with Crippen molar-refractivity contribution < 1.29 is 9.90 Å². The Morgan fingerprint density at radius 3 is 2.78 bits per heavy atom. The first-order chi connectivity index (χ1) is 15.5. The molecule has 0 unspecified atom stereocenters. The topological polar surface area (TPSA) is 70.4 Å². The Morgan fingerprint density at radius 2 is 2.09 bits per heavy atom. The van der Waals surface area contributed by atoms with E-state index in [1.165, 1.54) is 17.6 Å². The number of aromatic nitrogens is 2. The molecule has 0 fully saturated rings. The van der Waals surface area contributed by atoms with Gasteiger partial charge in [-0.05, 0) is 37.7 Å². The first kappa shape index (κ1) is 22.5. The van der Waals surface area contributed by atoms with Crippen LogP contribution in [-0.4, -0.2) is 45.4 Å². The van der Waals surface area contributed by atoms with Crippen LogP contribution in [-0.2, 0) is 26.1 Å². The number of amides is 1. The SMILES string of the molecule is C=C(C)[C@@H]1CC=C(CN2CCc3c(c(C(=O)NCc4ccccc4)nn3CCO)C2)CC1. The molecule has 170 valence electrons. The van der Waals surface area contributed by atoms with Crippen LogP contribution in [0.3, 0.4) is 0 Å². The third kappa shape index (κ3) is 5.19. The summed E-state index contributed by atoms with van der Waals surface area (Å²) in [5.41, 5.74) is 6.42. The average Bonchev–Trinajstić information content (AvgIpc) is 3.16. The predicted octanol–water partition coefficient (Wildman–Crippen LogP) is 3.47. The lowest BCUT2D eigenvalue weighted by atomic mass is 9.85. The van der Waals surface area contributed by atoms with E-state index >= 15 is 0 Å². The van der Waals surface area contributed by atoms with E-state index in [0.717, 1.165) is 55.7 Å². The number of benzene rings is 1. The minimum absolute atomic E-state index is 0.0136. The number of allylic oxidation sites excluding steroid dienone is 2. The standard InChI is InChI=1S/C26H34N4O2/c1-19(2)22-10-8-21(9-11-22)17-29-13-12-24-23(18-29)25(28-30(24)14-15-31)26(32)27-16-20-6-4-3-5-7-20/h3-8,22,31H,1,9-18H2,2H3,(H,27,32)/t22-/m1/s1. The highest BCUT2D eigenvalue weighted by atomic mass is 16.3. The number of fused-ring (bicyclic) bond motifs is 1. The molecule has 0 spiro atoms. The quantitative estimate of drug-likeness (QED) is 0.624. The molecule has 2 N–H and O–H groups in total. The maximum absolute atomic E-state index is 13.0. The van der Waals surface area contributed by atoms with Gasteiger partial charge in [0.15, 0.2) is 5.69 Å². The number of hydrogen-bond donors (Lipinski definition) is 2. The summed E-state index contributed by atoms with van der Waals surface area (Å²) in [6.45, 7) is 9.76. The summed E-state index contributed by atoms with van der Waals surface area (Å²) in [5.74, 6) is 0.466. The van der Waals surface area contributed by atoms with Crippen LogP contribution in [0.2, 0.25) is 0 Å². The first-order valence-electron chi connectivity index (χ1n) is 11.6. The predicted molar refractivity (Wildman–Crippen MR) is 126 cm³/mol. The highest BCUT2D eigenvalue weighted by Gasteiger charge is 2.28. The number of hydrogen-bond acceptors (Lipinski definition) is 4. The lowest BCUT2D eigenvalue weighted by Gasteiger charge is -2.30. The fourth-order valence-corrected chi connectivity index (χ4v) is 4.77. The molecule has 0 bridgehead atoms. The zero-order valence-electron chi connectivity index (χ0n) is 19.0. The van der Waals surface area contributed by atoms with Gasteiger partial charge in [-0.1, -0.05) is 54.1 Å². The van der Waals surface area contributed by atoms with Gasteiger partial charge >= 0.3 is 0 Å². The normalized spacial score (nSPS) is 18.7. The molecule has 2 aromatic rings. The van der Waals surface area contributed by atoms with E-state index in [1.54, 1.807) is 0 Å². The van der Waals surface area contributed by atoms with Crippen molar-refractivity contribution in [2.75, 3.05) is 19.7 Å². The van der Waals surface area contributed by atoms with E-state index in [-0.39, 0.29) is 12.5 Å². The molecular formula is C26H34N4O2. The zero-order valence-corrected chi connectivity index (χ0v) is 19.0. The van der Waals surface area contributed by atoms with Gasteiger partial charge in [-0.15, -0.1) is 0 Å². The number of nitrogens with one attached hydrogen (secondary N) is 1. The molecule has 1 amide bonds. The number of aliphatic hydroxyl groups excluding tert-OH is 1. The Labute approximate surface area is 190 Å². The van der Waals surface area contributed by atoms with Crippen molar-refractivity contribution in [1.82, 2.24) is 20.0 Å². The number of nitrogens with zero attached hydrogens (tertiary/aromatic N) is 3. The number of carbonyl (C=O) groups is 1. The van der Waals surface area contributed by atoms with Crippen LogP contribution in [0.5, 0.6) is 0 Å². The van der Waals surface area contributed by atoms with Gasteiger partial charge in [0, 0.05) is 43.9 Å². The van der Waals surface area contributed by atoms with E-state index in [0.29, 0.717) is 24.7 Å². The minimum atomic E-state index is -0.148. The Balaban J connectivity index is 1.46. The largest absolute Gasteiger partial charge is 0.394 e. The molecule has 4 rings (SSSR count). The smallest absolute Gasteiger partial charge is 0.272 e. The lowest BCUT2D eigenvalue weighted by molar-refractivity contribution is 0.0942. The van der Waals surface area contributed by atoms with Crippen LogP contribution >= 0.6 is 0 Å². The number of aliphatic hydroxyl groups is 1. The van der Waals surface area contributed by atoms with Crippen molar-refractivity contribution >= 4 is 5.91 Å². The molecule has 32 heavy (non-hydrogen) atoms. The van der Waals surface area contributed by atoms with Gasteiger partial charge in [-0.3, -0.25) is 14.4 Å². The maximum Gasteiger partial charge on any atom is 0.272 e. The minimum Gasteiger partial charge on any atom is -0.394 e. The second kappa shape index (κ2) is 10.3. The molecule has 0 radical (unpaired) electrons. The molecule has 6 heteroatoms. The van der Waals surface area contributed by atoms with Crippen LogP contribution in [0.1, 0.15) is 53.5 Å². The van der Waals surface area contributed by atoms with E-state index in [4.69, 9.17) is 0 Å². The highest BCUT2D eigenvalue weighted by Crippen LogP contribution is 2.30. The van der Waals surface area contributed by atoms with Crippen molar-refractivity contribution in [2.24, 2.45) is 5.92 Å². The van der Waals surface area contributed by atoms with Crippen molar-refractivity contribution in [3.63, 3.8) is 0 Å². The average molecular weight is 435 g/mol. The molecule has 1 aromatic carbocycles. The molecule has 1 atom stereocenters. The van der Waals surface area contributed by atoms with Crippen molar-refractivity contribution in [3.05, 3.63) is 76.6 Å². The molecule has 0 saturated carbocycles. The van der Waals surface area contributed by atoms with Gasteiger partial charge in [0.25, 0.3) is 5.91 Å². The highest BCUT2D eigenvalue weighted by molar-refractivity contribution is 5.94. The Hall–Kier alpha value is -2.70. The van der Waals surface area contributed by atoms with Crippen LogP contribution < -0.4 is 5.32 Å². The van der Waals surface area contributed by atoms with Gasteiger partial charge in [-0.2, -0.15) is 5.10 Å². The van der Waals surface area contributed by atoms with E-state index < -0.39 is 0 Å². The number of carbonyl (C=O) groups excluding carboxylic acids is 1. The van der Waals surface area contributed by atoms with Crippen LogP contribution in [0.25, 0.3) is 0 Å². The summed E-state index contributed by atoms with van der Waals surface area (Å²) < 4.78 is 1.82. The summed E-state index contributed by atoms with van der Waals surface area (Å²) in [6, 6.07) is 9.90. The molecule has 1 aromatic heterocycles. The van der Waals surface area contributed by atoms with Gasteiger partial charge in [-0.25, -0.2) is 0 Å². The molecule has 1 aliphatic heterocycles. The molecule has 6 nitrogen and oxygen atoms in total. The fraction of sp³-hybridized carbons (Fsp3) is 0.462. The van der Waals surface area contributed by atoms with E-state index in [1.807, 2.05) is 35.0 Å². The van der Waals surface area contributed by atoms with Gasteiger partial charge in [0.1, 0.15) is 0 Å². The summed E-state index contributed by atoms with van der Waals surface area (Å²) in [7, 11) is 0. The number of rotatable bonds is 8. The zero-order chi connectivity index (χ0) is 22.5. The Kier molecular flexibility index (Phi) is 7.22. The molecule has 1 aliphatic carbocycles.